The van der Waals surface area contributed by atoms with E-state index < -0.39 is 5.60 Å². The van der Waals surface area contributed by atoms with Crippen LogP contribution in [0.5, 0.6) is 5.75 Å². The van der Waals surface area contributed by atoms with Gasteiger partial charge < -0.3 is 19.3 Å². The van der Waals surface area contributed by atoms with E-state index in [0.717, 1.165) is 38.5 Å². The SMILES string of the molecule is COCCCCN1C(=O)C(C)(C)Oc2c1cc(C(=O)N(C(C)C)C1CCCCC1)c(Br)c2Cl. The Bertz CT molecular complexity index is 884. The van der Waals surface area contributed by atoms with Crippen LogP contribution in [0, 0.1) is 0 Å². The summed E-state index contributed by atoms with van der Waals surface area (Å²) in [6, 6.07) is 2.05. The van der Waals surface area contributed by atoms with Crippen LogP contribution in [0.3, 0.4) is 0 Å². The lowest BCUT2D eigenvalue weighted by Gasteiger charge is -2.40. The molecular formula is C25H36BrClN2O4. The van der Waals surface area contributed by atoms with Crippen LogP contribution in [0.25, 0.3) is 0 Å². The fourth-order valence-corrected chi connectivity index (χ4v) is 5.54. The summed E-state index contributed by atoms with van der Waals surface area (Å²) >= 11 is 10.3. The van der Waals surface area contributed by atoms with Crippen molar-refractivity contribution in [1.29, 1.82) is 0 Å². The van der Waals surface area contributed by atoms with Crippen LogP contribution >= 0.6 is 27.5 Å². The van der Waals surface area contributed by atoms with Crippen LogP contribution < -0.4 is 9.64 Å². The fourth-order valence-electron chi connectivity index (χ4n) is 4.84. The van der Waals surface area contributed by atoms with Gasteiger partial charge in [0.1, 0.15) is 0 Å². The Kier molecular flexibility index (Phi) is 8.73. The molecule has 0 atom stereocenters. The zero-order valence-corrected chi connectivity index (χ0v) is 22.7. The minimum Gasteiger partial charge on any atom is -0.474 e. The second-order valence-corrected chi connectivity index (χ2v) is 10.9. The lowest BCUT2D eigenvalue weighted by molar-refractivity contribution is -0.132. The number of nitrogens with zero attached hydrogens (tertiary/aromatic N) is 2. The van der Waals surface area contributed by atoms with Gasteiger partial charge in [-0.1, -0.05) is 30.9 Å². The number of carbonyl (C=O) groups excluding carboxylic acids is 2. The number of benzene rings is 1. The van der Waals surface area contributed by atoms with Gasteiger partial charge in [0.05, 0.1) is 20.7 Å². The van der Waals surface area contributed by atoms with E-state index in [0.29, 0.717) is 39.6 Å². The molecule has 1 saturated carbocycles. The zero-order valence-electron chi connectivity index (χ0n) is 20.4. The molecule has 1 aliphatic carbocycles. The first-order chi connectivity index (χ1) is 15.6. The molecule has 3 rings (SSSR count). The third-order valence-corrected chi connectivity index (χ3v) is 7.93. The molecule has 2 aliphatic rings. The van der Waals surface area contributed by atoms with E-state index in [-0.39, 0.29) is 23.9 Å². The molecule has 6 nitrogen and oxygen atoms in total. The third-order valence-electron chi connectivity index (χ3n) is 6.52. The maximum atomic E-state index is 13.8. The molecule has 8 heteroatoms. The van der Waals surface area contributed by atoms with Crippen molar-refractivity contribution in [2.45, 2.75) is 90.3 Å². The number of ether oxygens (including phenoxy) is 2. The molecule has 0 N–H and O–H groups in total. The number of unbranched alkanes of at least 4 members (excludes halogenated alkanes) is 1. The van der Waals surface area contributed by atoms with Crippen LogP contribution in [0.2, 0.25) is 5.02 Å². The second-order valence-electron chi connectivity index (χ2n) is 9.77. The average molecular weight is 544 g/mol. The molecule has 1 aliphatic heterocycles. The molecule has 0 spiro atoms. The third kappa shape index (κ3) is 5.51. The predicted molar refractivity (Wildman–Crippen MR) is 136 cm³/mol. The fraction of sp³-hybridized carbons (Fsp3) is 0.680. The van der Waals surface area contributed by atoms with Gasteiger partial charge in [0.25, 0.3) is 11.8 Å². The van der Waals surface area contributed by atoms with Crippen LogP contribution in [0.4, 0.5) is 5.69 Å². The van der Waals surface area contributed by atoms with Gasteiger partial charge in [0, 0.05) is 32.3 Å². The van der Waals surface area contributed by atoms with Gasteiger partial charge in [-0.25, -0.2) is 0 Å². The highest BCUT2D eigenvalue weighted by atomic mass is 79.9. The summed E-state index contributed by atoms with van der Waals surface area (Å²) in [6.07, 6.45) is 7.13. The number of amides is 2. The highest BCUT2D eigenvalue weighted by molar-refractivity contribution is 9.10. The van der Waals surface area contributed by atoms with Crippen molar-refractivity contribution < 1.29 is 19.1 Å². The molecule has 0 unspecified atom stereocenters. The highest BCUT2D eigenvalue weighted by Crippen LogP contribution is 2.48. The lowest BCUT2D eigenvalue weighted by Crippen LogP contribution is -2.53. The van der Waals surface area contributed by atoms with Crippen molar-refractivity contribution in [2.24, 2.45) is 0 Å². The first-order valence-corrected chi connectivity index (χ1v) is 13.1. The maximum Gasteiger partial charge on any atom is 0.270 e. The van der Waals surface area contributed by atoms with Crippen molar-refractivity contribution in [1.82, 2.24) is 4.90 Å². The predicted octanol–water partition coefficient (Wildman–Crippen LogP) is 6.22. The summed E-state index contributed by atoms with van der Waals surface area (Å²) in [5, 5.41) is 0.325. The molecule has 2 amide bonds. The van der Waals surface area contributed by atoms with E-state index in [9.17, 15) is 9.59 Å². The molecule has 1 aromatic rings. The van der Waals surface area contributed by atoms with Gasteiger partial charge in [0.15, 0.2) is 11.4 Å². The van der Waals surface area contributed by atoms with Crippen molar-refractivity contribution in [3.05, 3.63) is 21.1 Å². The maximum absolute atomic E-state index is 13.8. The molecule has 1 heterocycles. The van der Waals surface area contributed by atoms with Crippen molar-refractivity contribution >= 4 is 45.0 Å². The van der Waals surface area contributed by atoms with E-state index in [1.807, 2.05) is 4.90 Å². The Balaban J connectivity index is 2.03. The molecule has 33 heavy (non-hydrogen) atoms. The molecule has 0 radical (unpaired) electrons. The Hall–Kier alpha value is -1.31. The number of hydrogen-bond acceptors (Lipinski definition) is 4. The quantitative estimate of drug-likeness (QED) is 0.365. The lowest BCUT2D eigenvalue weighted by atomic mass is 9.92. The van der Waals surface area contributed by atoms with E-state index in [4.69, 9.17) is 21.1 Å². The Morgan fingerprint density at radius 1 is 1.30 bits per heavy atom. The van der Waals surface area contributed by atoms with E-state index in [1.165, 1.54) is 6.42 Å². The van der Waals surface area contributed by atoms with Gasteiger partial charge in [-0.05, 0) is 75.4 Å². The molecule has 1 aromatic carbocycles. The Morgan fingerprint density at radius 3 is 2.58 bits per heavy atom. The topological polar surface area (TPSA) is 59.1 Å². The smallest absolute Gasteiger partial charge is 0.270 e. The van der Waals surface area contributed by atoms with E-state index in [2.05, 4.69) is 29.8 Å². The Morgan fingerprint density at radius 2 is 1.97 bits per heavy atom. The standard InChI is InChI=1S/C25H36BrClN2O4/c1-16(2)29(17-11-7-6-8-12-17)23(30)18-15-19-22(21(27)20(18)26)33-25(3,4)24(31)28(19)13-9-10-14-32-5/h15-17H,6-14H2,1-5H3. The summed E-state index contributed by atoms with van der Waals surface area (Å²) in [7, 11) is 1.67. The summed E-state index contributed by atoms with van der Waals surface area (Å²) in [6.45, 7) is 8.73. The number of anilines is 1. The monoisotopic (exact) mass is 542 g/mol. The van der Waals surface area contributed by atoms with Crippen LogP contribution in [0.15, 0.2) is 10.5 Å². The number of carbonyl (C=O) groups is 2. The van der Waals surface area contributed by atoms with Gasteiger partial charge >= 0.3 is 0 Å². The minimum absolute atomic E-state index is 0.0595. The first-order valence-electron chi connectivity index (χ1n) is 11.9. The summed E-state index contributed by atoms with van der Waals surface area (Å²) in [5.41, 5.74) is -0.0220. The molecular weight excluding hydrogens is 508 g/mol. The number of methoxy groups -OCH3 is 1. The molecule has 0 saturated heterocycles. The van der Waals surface area contributed by atoms with Crippen LogP contribution in [0.1, 0.15) is 83.0 Å². The largest absolute Gasteiger partial charge is 0.474 e. The normalized spacial score (nSPS) is 18.3. The Labute approximate surface area is 211 Å². The number of rotatable bonds is 8. The summed E-state index contributed by atoms with van der Waals surface area (Å²) < 4.78 is 11.7. The highest BCUT2D eigenvalue weighted by Gasteiger charge is 2.43. The van der Waals surface area contributed by atoms with E-state index in [1.54, 1.807) is 31.9 Å². The van der Waals surface area contributed by atoms with Gasteiger partial charge in [-0.3, -0.25) is 9.59 Å². The molecule has 0 aromatic heterocycles. The van der Waals surface area contributed by atoms with Gasteiger partial charge in [-0.2, -0.15) is 0 Å². The van der Waals surface area contributed by atoms with Gasteiger partial charge in [-0.15, -0.1) is 0 Å². The first kappa shape index (κ1) is 26.3. The summed E-state index contributed by atoms with van der Waals surface area (Å²) in [4.78, 5) is 30.8. The summed E-state index contributed by atoms with van der Waals surface area (Å²) in [5.74, 6) is 0.229. The molecule has 184 valence electrons. The second kappa shape index (κ2) is 11.0. The average Bonchev–Trinajstić information content (AvgIpc) is 2.77. The van der Waals surface area contributed by atoms with Crippen molar-refractivity contribution in [2.75, 3.05) is 25.2 Å². The number of halogens is 2. The van der Waals surface area contributed by atoms with Crippen molar-refractivity contribution in [3.63, 3.8) is 0 Å². The zero-order chi connectivity index (χ0) is 24.3. The van der Waals surface area contributed by atoms with Crippen LogP contribution in [-0.2, 0) is 9.53 Å². The van der Waals surface area contributed by atoms with Crippen LogP contribution in [-0.4, -0.2) is 54.7 Å². The van der Waals surface area contributed by atoms with Crippen molar-refractivity contribution in [3.8, 4) is 5.75 Å². The number of hydrogen-bond donors (Lipinski definition) is 0. The van der Waals surface area contributed by atoms with Gasteiger partial charge in [0.2, 0.25) is 0 Å². The van der Waals surface area contributed by atoms with E-state index >= 15 is 0 Å². The minimum atomic E-state index is -1.05. The molecule has 0 bridgehead atoms. The molecule has 1 fully saturated rings. The number of fused-ring (bicyclic) bond motifs is 1.